The second-order valence-corrected chi connectivity index (χ2v) is 6.63. The summed E-state index contributed by atoms with van der Waals surface area (Å²) in [6, 6.07) is 3.24. The number of carbonyl (C=O) groups is 1. The first-order valence-electron chi connectivity index (χ1n) is 6.02. The van der Waals surface area contributed by atoms with Gasteiger partial charge >= 0.3 is 6.18 Å². The second kappa shape index (κ2) is 5.97. The summed E-state index contributed by atoms with van der Waals surface area (Å²) in [5.74, 6) is 1.43. The molecule has 1 unspecified atom stereocenters. The van der Waals surface area contributed by atoms with Crippen LogP contribution >= 0.6 is 27.7 Å². The molecule has 0 aliphatic carbocycles. The third-order valence-corrected chi connectivity index (χ3v) is 5.13. The third-order valence-electron chi connectivity index (χ3n) is 3.30. The number of carbonyl (C=O) groups excluding carboxylic acids is 1. The van der Waals surface area contributed by atoms with Crippen molar-refractivity contribution in [3.63, 3.8) is 0 Å². The number of nitrogens with zero attached hydrogens (tertiary/aromatic N) is 1. The van der Waals surface area contributed by atoms with Crippen molar-refractivity contribution in [3.8, 4) is 0 Å². The molecule has 1 aliphatic rings. The average molecular weight is 368 g/mol. The van der Waals surface area contributed by atoms with Crippen LogP contribution in [0.2, 0.25) is 0 Å². The molecule has 7 heteroatoms. The summed E-state index contributed by atoms with van der Waals surface area (Å²) in [6.45, 7) is 0. The fraction of sp³-hybridized carbons (Fsp3) is 0.462. The zero-order valence-corrected chi connectivity index (χ0v) is 13.1. The maximum absolute atomic E-state index is 12.7. The Labute approximate surface area is 127 Å². The average Bonchev–Trinajstić information content (AvgIpc) is 2.90. The van der Waals surface area contributed by atoms with Gasteiger partial charge in [0.05, 0.1) is 11.1 Å². The van der Waals surface area contributed by atoms with Gasteiger partial charge in [-0.25, -0.2) is 0 Å². The van der Waals surface area contributed by atoms with Gasteiger partial charge in [-0.15, -0.1) is 0 Å². The predicted octanol–water partition coefficient (Wildman–Crippen LogP) is 4.05. The number of thioether (sulfide) groups is 1. The van der Waals surface area contributed by atoms with Crippen molar-refractivity contribution in [2.45, 2.75) is 18.6 Å². The Kier molecular flexibility index (Phi) is 4.69. The number of alkyl halides is 3. The zero-order valence-electron chi connectivity index (χ0n) is 10.7. The third kappa shape index (κ3) is 3.31. The van der Waals surface area contributed by atoms with E-state index >= 15 is 0 Å². The molecule has 1 aliphatic heterocycles. The Balaban J connectivity index is 2.28. The zero-order chi connectivity index (χ0) is 14.9. The van der Waals surface area contributed by atoms with E-state index in [4.69, 9.17) is 0 Å². The van der Waals surface area contributed by atoms with Crippen LogP contribution in [-0.2, 0) is 6.18 Å². The first-order valence-corrected chi connectivity index (χ1v) is 7.97. The highest BCUT2D eigenvalue weighted by Crippen LogP contribution is 2.33. The van der Waals surface area contributed by atoms with Crippen molar-refractivity contribution in [1.29, 1.82) is 0 Å². The molecule has 20 heavy (non-hydrogen) atoms. The Hall–Kier alpha value is -0.690. The van der Waals surface area contributed by atoms with E-state index in [2.05, 4.69) is 15.9 Å². The normalized spacial score (nSPS) is 19.1. The number of amides is 1. The van der Waals surface area contributed by atoms with Crippen molar-refractivity contribution in [3.05, 3.63) is 33.8 Å². The van der Waals surface area contributed by atoms with Gasteiger partial charge in [0.25, 0.3) is 5.91 Å². The molecule has 0 N–H and O–H groups in total. The van der Waals surface area contributed by atoms with Crippen molar-refractivity contribution >= 4 is 33.6 Å². The molecule has 0 bridgehead atoms. The quantitative estimate of drug-likeness (QED) is 0.785. The molecule has 1 atom stereocenters. The molecule has 1 heterocycles. The molecule has 1 amide bonds. The first-order chi connectivity index (χ1) is 9.30. The number of hydrogen-bond donors (Lipinski definition) is 0. The fourth-order valence-electron chi connectivity index (χ4n) is 2.05. The summed E-state index contributed by atoms with van der Waals surface area (Å²) in [7, 11) is 1.64. The van der Waals surface area contributed by atoms with Crippen molar-refractivity contribution < 1.29 is 18.0 Å². The smallest absolute Gasteiger partial charge is 0.338 e. The van der Waals surface area contributed by atoms with Crippen LogP contribution in [0.15, 0.2) is 22.7 Å². The van der Waals surface area contributed by atoms with Crippen LogP contribution in [-0.4, -0.2) is 35.4 Å². The highest BCUT2D eigenvalue weighted by atomic mass is 79.9. The van der Waals surface area contributed by atoms with E-state index in [0.29, 0.717) is 4.47 Å². The van der Waals surface area contributed by atoms with Crippen LogP contribution in [0.1, 0.15) is 22.3 Å². The SMILES string of the molecule is CN(C(=O)c1cc(C(F)(F)F)ccc1Br)C1CCSC1. The summed E-state index contributed by atoms with van der Waals surface area (Å²) >= 11 is 4.90. The van der Waals surface area contributed by atoms with Crippen molar-refractivity contribution in [1.82, 2.24) is 4.90 Å². The molecular weight excluding hydrogens is 355 g/mol. The van der Waals surface area contributed by atoms with Gasteiger partial charge in [0.15, 0.2) is 0 Å². The van der Waals surface area contributed by atoms with Gasteiger partial charge in [-0.2, -0.15) is 24.9 Å². The van der Waals surface area contributed by atoms with Gasteiger partial charge in [-0.3, -0.25) is 4.79 Å². The first kappa shape index (κ1) is 15.7. The van der Waals surface area contributed by atoms with E-state index in [1.54, 1.807) is 23.7 Å². The molecule has 0 radical (unpaired) electrons. The maximum Gasteiger partial charge on any atom is 0.416 e. The molecule has 1 aromatic rings. The monoisotopic (exact) mass is 367 g/mol. The Morgan fingerprint density at radius 3 is 2.70 bits per heavy atom. The van der Waals surface area contributed by atoms with E-state index in [1.807, 2.05) is 0 Å². The molecule has 1 fully saturated rings. The summed E-state index contributed by atoms with van der Waals surface area (Å²) in [5, 5.41) is 0. The molecule has 2 nitrogen and oxygen atoms in total. The van der Waals surface area contributed by atoms with Crippen LogP contribution in [0, 0.1) is 0 Å². The van der Waals surface area contributed by atoms with E-state index in [9.17, 15) is 18.0 Å². The highest BCUT2D eigenvalue weighted by molar-refractivity contribution is 9.10. The molecule has 0 spiro atoms. The summed E-state index contributed by atoms with van der Waals surface area (Å²) in [5.41, 5.74) is -0.752. The van der Waals surface area contributed by atoms with Crippen LogP contribution in [0.3, 0.4) is 0 Å². The largest absolute Gasteiger partial charge is 0.416 e. The summed E-state index contributed by atoms with van der Waals surface area (Å²) < 4.78 is 38.5. The lowest BCUT2D eigenvalue weighted by Gasteiger charge is -2.24. The van der Waals surface area contributed by atoms with Gasteiger partial charge in [0.1, 0.15) is 0 Å². The standard InChI is InChI=1S/C13H13BrF3NOS/c1-18(9-4-5-20-7-9)12(19)10-6-8(13(15,16)17)2-3-11(10)14/h2-3,6,9H,4-5,7H2,1H3. The number of halogens is 4. The lowest BCUT2D eigenvalue weighted by atomic mass is 10.1. The topological polar surface area (TPSA) is 20.3 Å². The van der Waals surface area contributed by atoms with Crippen LogP contribution in [0.5, 0.6) is 0 Å². The van der Waals surface area contributed by atoms with Gasteiger partial charge in [0.2, 0.25) is 0 Å². The molecule has 0 aromatic heterocycles. The van der Waals surface area contributed by atoms with Crippen LogP contribution in [0.4, 0.5) is 13.2 Å². The minimum absolute atomic E-state index is 0.0548. The molecular formula is C13H13BrF3NOS. The predicted molar refractivity (Wildman–Crippen MR) is 77.0 cm³/mol. The maximum atomic E-state index is 12.7. The molecule has 0 saturated carbocycles. The Morgan fingerprint density at radius 2 is 2.15 bits per heavy atom. The molecule has 2 rings (SSSR count). The highest BCUT2D eigenvalue weighted by Gasteiger charge is 2.33. The van der Waals surface area contributed by atoms with E-state index in [-0.39, 0.29) is 17.5 Å². The second-order valence-electron chi connectivity index (χ2n) is 4.63. The van der Waals surface area contributed by atoms with Gasteiger partial charge in [-0.05, 0) is 46.3 Å². The van der Waals surface area contributed by atoms with E-state index < -0.39 is 11.7 Å². The molecule has 1 aromatic carbocycles. The van der Waals surface area contributed by atoms with Crippen molar-refractivity contribution in [2.24, 2.45) is 0 Å². The van der Waals surface area contributed by atoms with E-state index in [1.165, 1.54) is 6.07 Å². The van der Waals surface area contributed by atoms with Gasteiger partial charge in [-0.1, -0.05) is 0 Å². The number of hydrogen-bond acceptors (Lipinski definition) is 2. The van der Waals surface area contributed by atoms with Crippen molar-refractivity contribution in [2.75, 3.05) is 18.6 Å². The molecule has 110 valence electrons. The van der Waals surface area contributed by atoms with E-state index in [0.717, 1.165) is 30.1 Å². The lowest BCUT2D eigenvalue weighted by molar-refractivity contribution is -0.137. The minimum Gasteiger partial charge on any atom is -0.338 e. The lowest BCUT2D eigenvalue weighted by Crippen LogP contribution is -2.37. The van der Waals surface area contributed by atoms with Crippen LogP contribution < -0.4 is 0 Å². The number of benzene rings is 1. The number of rotatable bonds is 2. The molecule has 1 saturated heterocycles. The van der Waals surface area contributed by atoms with Gasteiger partial charge in [0, 0.05) is 23.3 Å². The fourth-order valence-corrected chi connectivity index (χ4v) is 3.73. The summed E-state index contributed by atoms with van der Waals surface area (Å²) in [4.78, 5) is 13.9. The minimum atomic E-state index is -4.45. The van der Waals surface area contributed by atoms with Crippen LogP contribution in [0.25, 0.3) is 0 Å². The Bertz CT molecular complexity index is 515. The summed E-state index contributed by atoms with van der Waals surface area (Å²) in [6.07, 6.45) is -3.57. The Morgan fingerprint density at radius 1 is 1.45 bits per heavy atom. The van der Waals surface area contributed by atoms with Gasteiger partial charge < -0.3 is 4.90 Å².